The van der Waals surface area contributed by atoms with Crippen molar-refractivity contribution in [2.24, 2.45) is 0 Å². The number of benzene rings is 1. The molecule has 1 atom stereocenters. The zero-order chi connectivity index (χ0) is 13.1. The van der Waals surface area contributed by atoms with E-state index < -0.39 is 0 Å². The quantitative estimate of drug-likeness (QED) is 0.858. The van der Waals surface area contributed by atoms with Gasteiger partial charge in [0.2, 0.25) is 0 Å². The van der Waals surface area contributed by atoms with Crippen LogP contribution in [0.15, 0.2) is 30.3 Å². The first-order valence-corrected chi connectivity index (χ1v) is 6.99. The maximum Gasteiger partial charge on any atom is 0.126 e. The van der Waals surface area contributed by atoms with E-state index in [1.54, 1.807) is 24.3 Å². The van der Waals surface area contributed by atoms with Crippen LogP contribution in [0.25, 0.3) is 0 Å². The van der Waals surface area contributed by atoms with Gasteiger partial charge in [0, 0.05) is 17.5 Å². The number of nitrogens with one attached hydrogen (secondary N) is 1. The SMILES string of the molecule is Cc1ccc(C(C)NCc2ccc(Cl)s2)cc1F. The summed E-state index contributed by atoms with van der Waals surface area (Å²) < 4.78 is 14.3. The van der Waals surface area contributed by atoms with Crippen LogP contribution >= 0.6 is 22.9 Å². The molecule has 0 fully saturated rings. The highest BCUT2D eigenvalue weighted by Crippen LogP contribution is 2.22. The van der Waals surface area contributed by atoms with Crippen molar-refractivity contribution in [3.63, 3.8) is 0 Å². The van der Waals surface area contributed by atoms with Crippen molar-refractivity contribution in [1.82, 2.24) is 5.32 Å². The summed E-state index contributed by atoms with van der Waals surface area (Å²) in [5.74, 6) is -0.152. The van der Waals surface area contributed by atoms with E-state index >= 15 is 0 Å². The molecule has 0 aliphatic rings. The Labute approximate surface area is 116 Å². The van der Waals surface area contributed by atoms with Gasteiger partial charge in [-0.05, 0) is 43.2 Å². The molecular formula is C14H15ClFNS. The molecular weight excluding hydrogens is 269 g/mol. The van der Waals surface area contributed by atoms with Crippen LogP contribution in [0.2, 0.25) is 4.34 Å². The molecule has 1 aromatic carbocycles. The summed E-state index contributed by atoms with van der Waals surface area (Å²) >= 11 is 7.43. The van der Waals surface area contributed by atoms with E-state index in [1.807, 2.05) is 31.2 Å². The Hall–Kier alpha value is -0.900. The van der Waals surface area contributed by atoms with Crippen molar-refractivity contribution in [2.75, 3.05) is 0 Å². The van der Waals surface area contributed by atoms with E-state index in [4.69, 9.17) is 11.6 Å². The van der Waals surface area contributed by atoms with Crippen LogP contribution in [-0.2, 0) is 6.54 Å². The molecule has 1 nitrogen and oxygen atoms in total. The molecule has 1 heterocycles. The number of aryl methyl sites for hydroxylation is 1. The standard InChI is InChI=1S/C14H15ClFNS/c1-9-3-4-11(7-13(9)16)10(2)17-8-12-5-6-14(15)18-12/h3-7,10,17H,8H2,1-2H3. The Morgan fingerprint density at radius 2 is 2.11 bits per heavy atom. The molecule has 2 aromatic rings. The number of thiophene rings is 1. The number of hydrogen-bond donors (Lipinski definition) is 1. The first kappa shape index (κ1) is 13.5. The minimum atomic E-state index is -0.152. The van der Waals surface area contributed by atoms with Crippen molar-refractivity contribution in [1.29, 1.82) is 0 Å². The summed E-state index contributed by atoms with van der Waals surface area (Å²) in [6.45, 7) is 4.54. The lowest BCUT2D eigenvalue weighted by atomic mass is 10.1. The predicted octanol–water partition coefficient (Wildman–Crippen LogP) is 4.70. The summed E-state index contributed by atoms with van der Waals surface area (Å²) in [6, 6.07) is 9.36. The van der Waals surface area contributed by atoms with Gasteiger partial charge in [0.1, 0.15) is 5.82 Å². The largest absolute Gasteiger partial charge is 0.305 e. The predicted molar refractivity (Wildman–Crippen MR) is 75.7 cm³/mol. The van der Waals surface area contributed by atoms with Crippen LogP contribution in [0.1, 0.15) is 29.0 Å². The van der Waals surface area contributed by atoms with Crippen molar-refractivity contribution < 1.29 is 4.39 Å². The van der Waals surface area contributed by atoms with Gasteiger partial charge in [-0.3, -0.25) is 0 Å². The molecule has 0 saturated carbocycles. The minimum absolute atomic E-state index is 0.112. The summed E-state index contributed by atoms with van der Waals surface area (Å²) in [5, 5.41) is 3.36. The Balaban J connectivity index is 1.99. The highest BCUT2D eigenvalue weighted by molar-refractivity contribution is 7.16. The van der Waals surface area contributed by atoms with E-state index in [9.17, 15) is 4.39 Å². The average molecular weight is 284 g/mol. The summed E-state index contributed by atoms with van der Waals surface area (Å²) in [4.78, 5) is 1.18. The van der Waals surface area contributed by atoms with E-state index in [0.717, 1.165) is 16.4 Å². The van der Waals surface area contributed by atoms with Crippen LogP contribution in [0, 0.1) is 12.7 Å². The monoisotopic (exact) mass is 283 g/mol. The fourth-order valence-corrected chi connectivity index (χ4v) is 2.74. The van der Waals surface area contributed by atoms with Gasteiger partial charge < -0.3 is 5.32 Å². The summed E-state index contributed by atoms with van der Waals surface area (Å²) in [5.41, 5.74) is 1.64. The number of rotatable bonds is 4. The Morgan fingerprint density at radius 3 is 2.72 bits per heavy atom. The van der Waals surface area contributed by atoms with Gasteiger partial charge >= 0.3 is 0 Å². The van der Waals surface area contributed by atoms with Crippen molar-refractivity contribution in [3.05, 3.63) is 56.5 Å². The first-order chi connectivity index (χ1) is 8.56. The molecule has 0 radical (unpaired) electrons. The van der Waals surface area contributed by atoms with Crippen LogP contribution in [0.4, 0.5) is 4.39 Å². The first-order valence-electron chi connectivity index (χ1n) is 5.80. The normalized spacial score (nSPS) is 12.7. The van der Waals surface area contributed by atoms with Gasteiger partial charge in [-0.25, -0.2) is 4.39 Å². The van der Waals surface area contributed by atoms with E-state index in [2.05, 4.69) is 5.32 Å². The molecule has 0 aliphatic carbocycles. The fourth-order valence-electron chi connectivity index (χ4n) is 1.70. The highest BCUT2D eigenvalue weighted by atomic mass is 35.5. The molecule has 2 rings (SSSR count). The smallest absolute Gasteiger partial charge is 0.126 e. The molecule has 4 heteroatoms. The average Bonchev–Trinajstić information content (AvgIpc) is 2.75. The molecule has 1 aromatic heterocycles. The second kappa shape index (κ2) is 5.83. The van der Waals surface area contributed by atoms with Gasteiger partial charge in [0.25, 0.3) is 0 Å². The second-order valence-electron chi connectivity index (χ2n) is 4.32. The summed E-state index contributed by atoms with van der Waals surface area (Å²) in [6.07, 6.45) is 0. The van der Waals surface area contributed by atoms with E-state index in [0.29, 0.717) is 5.56 Å². The van der Waals surface area contributed by atoms with Gasteiger partial charge in [-0.1, -0.05) is 23.7 Å². The zero-order valence-electron chi connectivity index (χ0n) is 10.3. The van der Waals surface area contributed by atoms with Gasteiger partial charge in [0.15, 0.2) is 0 Å². The lowest BCUT2D eigenvalue weighted by Crippen LogP contribution is -2.17. The topological polar surface area (TPSA) is 12.0 Å². The zero-order valence-corrected chi connectivity index (χ0v) is 11.9. The Kier molecular flexibility index (Phi) is 4.38. The molecule has 96 valence electrons. The second-order valence-corrected chi connectivity index (χ2v) is 6.12. The third-order valence-corrected chi connectivity index (χ3v) is 4.14. The molecule has 0 bridgehead atoms. The fraction of sp³-hybridized carbons (Fsp3) is 0.286. The lowest BCUT2D eigenvalue weighted by molar-refractivity contribution is 0.566. The van der Waals surface area contributed by atoms with Crippen LogP contribution in [0.5, 0.6) is 0 Å². The molecule has 0 amide bonds. The van der Waals surface area contributed by atoms with E-state index in [-0.39, 0.29) is 11.9 Å². The highest BCUT2D eigenvalue weighted by Gasteiger charge is 2.08. The third kappa shape index (κ3) is 3.31. The molecule has 1 unspecified atom stereocenters. The molecule has 18 heavy (non-hydrogen) atoms. The molecule has 0 spiro atoms. The Morgan fingerprint density at radius 1 is 1.33 bits per heavy atom. The van der Waals surface area contributed by atoms with Gasteiger partial charge in [0.05, 0.1) is 4.34 Å². The molecule has 0 aliphatic heterocycles. The number of halogens is 2. The third-order valence-electron chi connectivity index (χ3n) is 2.91. The van der Waals surface area contributed by atoms with E-state index in [1.165, 1.54) is 4.88 Å². The van der Waals surface area contributed by atoms with Crippen molar-refractivity contribution in [2.45, 2.75) is 26.4 Å². The minimum Gasteiger partial charge on any atom is -0.305 e. The molecule has 1 N–H and O–H groups in total. The lowest BCUT2D eigenvalue weighted by Gasteiger charge is -2.14. The van der Waals surface area contributed by atoms with Gasteiger partial charge in [-0.2, -0.15) is 0 Å². The van der Waals surface area contributed by atoms with Crippen molar-refractivity contribution >= 4 is 22.9 Å². The van der Waals surface area contributed by atoms with Crippen LogP contribution in [-0.4, -0.2) is 0 Å². The van der Waals surface area contributed by atoms with Crippen LogP contribution in [0.3, 0.4) is 0 Å². The molecule has 0 saturated heterocycles. The number of hydrogen-bond acceptors (Lipinski definition) is 2. The summed E-state index contributed by atoms with van der Waals surface area (Å²) in [7, 11) is 0. The maximum absolute atomic E-state index is 13.5. The van der Waals surface area contributed by atoms with Crippen molar-refractivity contribution in [3.8, 4) is 0 Å². The van der Waals surface area contributed by atoms with Gasteiger partial charge in [-0.15, -0.1) is 11.3 Å². The maximum atomic E-state index is 13.5. The Bertz CT molecular complexity index is 538. The van der Waals surface area contributed by atoms with Crippen LogP contribution < -0.4 is 5.32 Å².